The van der Waals surface area contributed by atoms with Crippen LogP contribution in [0.3, 0.4) is 0 Å². The zero-order valence-corrected chi connectivity index (χ0v) is 13.4. The van der Waals surface area contributed by atoms with Crippen molar-refractivity contribution in [2.45, 2.75) is 12.4 Å². The molecule has 2 heterocycles. The molecule has 2 nitrogen and oxygen atoms in total. The minimum Gasteiger partial charge on any atom is -0.308 e. The average Bonchev–Trinajstić information content (AvgIpc) is 2.94. The van der Waals surface area contributed by atoms with Crippen LogP contribution in [0.4, 0.5) is 26.3 Å². The summed E-state index contributed by atoms with van der Waals surface area (Å²) in [6.07, 6.45) is -9.06. The number of aromatic nitrogens is 2. The van der Waals surface area contributed by atoms with Crippen LogP contribution in [0, 0.1) is 0 Å². The Bertz CT molecular complexity index is 1140. The number of halogens is 6. The van der Waals surface area contributed by atoms with Crippen LogP contribution in [0.5, 0.6) is 0 Å². The highest BCUT2D eigenvalue weighted by atomic mass is 19.4. The third-order valence-corrected chi connectivity index (χ3v) is 4.26. The molecule has 27 heavy (non-hydrogen) atoms. The number of nitrogens with zero attached hydrogens (tertiary/aromatic N) is 2. The van der Waals surface area contributed by atoms with Crippen LogP contribution < -0.4 is 0 Å². The molecular formula is C19H10F6N2. The van der Waals surface area contributed by atoms with Crippen LogP contribution >= 0.6 is 0 Å². The Hall–Kier alpha value is -3.03. The normalized spacial score (nSPS) is 12.8. The highest BCUT2D eigenvalue weighted by Crippen LogP contribution is 2.35. The minimum atomic E-state index is -4.59. The Kier molecular flexibility index (Phi) is 3.69. The van der Waals surface area contributed by atoms with Crippen LogP contribution in [0.25, 0.3) is 27.6 Å². The fraction of sp³-hybridized carbons (Fsp3) is 0.105. The summed E-state index contributed by atoms with van der Waals surface area (Å²) in [7, 11) is 0. The number of hydrogen-bond donors (Lipinski definition) is 0. The monoisotopic (exact) mass is 380 g/mol. The second-order valence-electron chi connectivity index (χ2n) is 5.96. The second kappa shape index (κ2) is 5.73. The lowest BCUT2D eigenvalue weighted by Gasteiger charge is -2.11. The molecule has 0 aliphatic heterocycles. The molecule has 8 heteroatoms. The highest BCUT2D eigenvalue weighted by molar-refractivity contribution is 6.07. The van der Waals surface area contributed by atoms with Gasteiger partial charge in [0.15, 0.2) is 0 Å². The van der Waals surface area contributed by atoms with E-state index in [2.05, 4.69) is 4.98 Å². The first-order chi connectivity index (χ1) is 12.7. The molecule has 0 fully saturated rings. The molecule has 2 aromatic carbocycles. The van der Waals surface area contributed by atoms with Crippen molar-refractivity contribution in [1.82, 2.24) is 9.55 Å². The Morgan fingerprint density at radius 3 is 1.96 bits per heavy atom. The number of hydrogen-bond acceptors (Lipinski definition) is 1. The Labute approximate surface area is 148 Å². The van der Waals surface area contributed by atoms with Gasteiger partial charge in [-0.3, -0.25) is 0 Å². The van der Waals surface area contributed by atoms with Gasteiger partial charge in [0.1, 0.15) is 5.69 Å². The molecule has 138 valence electrons. The third-order valence-electron chi connectivity index (χ3n) is 4.26. The molecule has 4 rings (SSSR count). The molecule has 0 spiro atoms. The van der Waals surface area contributed by atoms with Gasteiger partial charge in [0.05, 0.1) is 22.1 Å². The second-order valence-corrected chi connectivity index (χ2v) is 5.96. The molecule has 0 radical (unpaired) electrons. The number of fused-ring (bicyclic) bond motifs is 3. The smallest absolute Gasteiger partial charge is 0.308 e. The lowest BCUT2D eigenvalue weighted by Crippen LogP contribution is -2.07. The number of alkyl halides is 6. The number of pyridine rings is 1. The van der Waals surface area contributed by atoms with E-state index in [0.717, 1.165) is 18.2 Å². The Morgan fingerprint density at radius 2 is 1.33 bits per heavy atom. The van der Waals surface area contributed by atoms with Crippen molar-refractivity contribution in [3.63, 3.8) is 0 Å². The van der Waals surface area contributed by atoms with Gasteiger partial charge in [-0.15, -0.1) is 0 Å². The van der Waals surface area contributed by atoms with Crippen molar-refractivity contribution in [2.24, 2.45) is 0 Å². The fourth-order valence-electron chi connectivity index (χ4n) is 3.06. The maximum absolute atomic E-state index is 13.0. The van der Waals surface area contributed by atoms with Crippen LogP contribution in [0.1, 0.15) is 11.3 Å². The van der Waals surface area contributed by atoms with Crippen LogP contribution in [-0.2, 0) is 12.4 Å². The van der Waals surface area contributed by atoms with Gasteiger partial charge in [0.25, 0.3) is 0 Å². The number of para-hydroxylation sites is 1. The minimum absolute atomic E-state index is 0.139. The van der Waals surface area contributed by atoms with Gasteiger partial charge in [-0.25, -0.2) is 4.98 Å². The largest absolute Gasteiger partial charge is 0.433 e. The molecule has 0 N–H and O–H groups in total. The Morgan fingerprint density at radius 1 is 0.667 bits per heavy atom. The summed E-state index contributed by atoms with van der Waals surface area (Å²) in [5.41, 5.74) is -0.353. The topological polar surface area (TPSA) is 17.8 Å². The summed E-state index contributed by atoms with van der Waals surface area (Å²) in [5, 5.41) is 0.485. The molecule has 0 saturated heterocycles. The quantitative estimate of drug-likeness (QED) is 0.359. The van der Waals surface area contributed by atoms with Crippen LogP contribution in [0.15, 0.2) is 60.7 Å². The fourth-order valence-corrected chi connectivity index (χ4v) is 3.06. The van der Waals surface area contributed by atoms with E-state index in [1.165, 1.54) is 18.2 Å². The van der Waals surface area contributed by atoms with E-state index in [9.17, 15) is 26.3 Å². The van der Waals surface area contributed by atoms with Crippen LogP contribution in [-0.4, -0.2) is 9.55 Å². The summed E-state index contributed by atoms with van der Waals surface area (Å²) < 4.78 is 79.1. The standard InChI is InChI=1S/C19H10F6N2/c20-18(21,22)11-5-7-12(8-6-11)27-14-4-2-1-3-13(14)17-15(27)9-10-16(26-17)19(23,24)25/h1-10H. The van der Waals surface area contributed by atoms with E-state index in [0.29, 0.717) is 22.1 Å². The zero-order valence-electron chi connectivity index (χ0n) is 13.4. The van der Waals surface area contributed by atoms with E-state index in [1.54, 1.807) is 28.8 Å². The molecule has 0 atom stereocenters. The summed E-state index contributed by atoms with van der Waals surface area (Å²) in [4.78, 5) is 3.75. The summed E-state index contributed by atoms with van der Waals surface area (Å²) >= 11 is 0. The van der Waals surface area contributed by atoms with E-state index in [1.807, 2.05) is 0 Å². The molecule has 2 aromatic heterocycles. The molecule has 0 unspecified atom stereocenters. The summed E-state index contributed by atoms with van der Waals surface area (Å²) in [6.45, 7) is 0. The van der Waals surface area contributed by atoms with Gasteiger partial charge in [-0.1, -0.05) is 18.2 Å². The van der Waals surface area contributed by atoms with Gasteiger partial charge >= 0.3 is 12.4 Å². The maximum Gasteiger partial charge on any atom is 0.433 e. The Balaban J connectivity index is 1.99. The summed E-state index contributed by atoms with van der Waals surface area (Å²) in [5.74, 6) is 0. The number of benzene rings is 2. The lowest BCUT2D eigenvalue weighted by atomic mass is 10.2. The molecule has 0 saturated carbocycles. The first kappa shape index (κ1) is 17.4. The molecule has 0 aliphatic rings. The predicted octanol–water partition coefficient (Wildman–Crippen LogP) is 6.22. The van der Waals surface area contributed by atoms with Crippen molar-refractivity contribution in [2.75, 3.05) is 0 Å². The first-order valence-corrected chi connectivity index (χ1v) is 7.81. The van der Waals surface area contributed by atoms with E-state index in [-0.39, 0.29) is 5.52 Å². The average molecular weight is 380 g/mol. The summed E-state index contributed by atoms with van der Waals surface area (Å²) in [6, 6.07) is 13.3. The molecule has 4 aromatic rings. The molecule has 0 amide bonds. The maximum atomic E-state index is 13.0. The molecule has 0 aliphatic carbocycles. The van der Waals surface area contributed by atoms with E-state index in [4.69, 9.17) is 0 Å². The first-order valence-electron chi connectivity index (χ1n) is 7.81. The molecule has 0 bridgehead atoms. The SMILES string of the molecule is FC(F)(F)c1ccc(-n2c3ccccc3c3nc(C(F)(F)F)ccc32)cc1. The number of rotatable bonds is 1. The van der Waals surface area contributed by atoms with Gasteiger partial charge in [0, 0.05) is 11.1 Å². The third kappa shape index (κ3) is 2.90. The van der Waals surface area contributed by atoms with Gasteiger partial charge in [-0.05, 0) is 42.5 Å². The van der Waals surface area contributed by atoms with Gasteiger partial charge < -0.3 is 4.57 Å². The zero-order chi connectivity index (χ0) is 19.4. The highest BCUT2D eigenvalue weighted by Gasteiger charge is 2.33. The predicted molar refractivity (Wildman–Crippen MR) is 88.6 cm³/mol. The van der Waals surface area contributed by atoms with Crippen molar-refractivity contribution in [1.29, 1.82) is 0 Å². The van der Waals surface area contributed by atoms with Crippen molar-refractivity contribution >= 4 is 21.9 Å². The van der Waals surface area contributed by atoms with Crippen LogP contribution in [0.2, 0.25) is 0 Å². The van der Waals surface area contributed by atoms with Crippen molar-refractivity contribution < 1.29 is 26.3 Å². The van der Waals surface area contributed by atoms with E-state index >= 15 is 0 Å². The van der Waals surface area contributed by atoms with Gasteiger partial charge in [0.2, 0.25) is 0 Å². The van der Waals surface area contributed by atoms with E-state index < -0.39 is 23.6 Å². The van der Waals surface area contributed by atoms with Gasteiger partial charge in [-0.2, -0.15) is 26.3 Å². The van der Waals surface area contributed by atoms with Crippen molar-refractivity contribution in [3.8, 4) is 5.69 Å². The molecular weight excluding hydrogens is 370 g/mol. The lowest BCUT2D eigenvalue weighted by molar-refractivity contribution is -0.141. The van der Waals surface area contributed by atoms with Crippen molar-refractivity contribution in [3.05, 3.63) is 71.9 Å².